The maximum Gasteiger partial charge on any atom is 0.423 e. The van der Waals surface area contributed by atoms with E-state index in [9.17, 15) is 27.2 Å². The van der Waals surface area contributed by atoms with Crippen LogP contribution in [0, 0.1) is 0 Å². The number of carbonyl (C=O) groups excluding carboxylic acids is 2. The van der Waals surface area contributed by atoms with E-state index in [1.54, 1.807) is 25.1 Å². The van der Waals surface area contributed by atoms with Crippen molar-refractivity contribution in [3.8, 4) is 17.4 Å². The van der Waals surface area contributed by atoms with E-state index in [2.05, 4.69) is 25.5 Å². The summed E-state index contributed by atoms with van der Waals surface area (Å²) in [5, 5.41) is 5.85. The first-order valence-electron chi connectivity index (χ1n) is 14.1. The van der Waals surface area contributed by atoms with E-state index in [1.807, 2.05) is 7.05 Å². The Hall–Kier alpha value is -4.46. The van der Waals surface area contributed by atoms with Crippen LogP contribution in [0.1, 0.15) is 57.7 Å². The Morgan fingerprint density at radius 1 is 1.14 bits per heavy atom. The zero-order valence-corrected chi connectivity index (χ0v) is 24.4. The van der Waals surface area contributed by atoms with Crippen molar-refractivity contribution in [3.63, 3.8) is 0 Å². The SMILES string of the molecule is COc1cc(C(=O)NC2CCN(C)CC2)ccc1Nc1ncc(C(F)(F)F)c(Oc2cccc3c2C(=O)N(CCF)[C@@H]3C)n1. The Morgan fingerprint density at radius 2 is 1.89 bits per heavy atom. The standard InChI is InChI=1S/C30H32F4N6O4/c1-17-20-5-4-6-23(25(20)28(42)40(17)14-11-31)44-27-21(30(32,33)34)16-35-29(38-27)37-22-8-7-18(15-24(22)43-3)26(41)36-19-9-12-39(2)13-10-19/h4-8,15-17,19H,9-14H2,1-3H3,(H,36,41)(H,35,37,38)/t17-/m1/s1. The fraction of sp³-hybridized carbons (Fsp3) is 0.400. The van der Waals surface area contributed by atoms with Gasteiger partial charge in [-0.15, -0.1) is 0 Å². The van der Waals surface area contributed by atoms with Crippen molar-refractivity contribution < 1.29 is 36.6 Å². The molecular formula is C30H32F4N6O4. The monoisotopic (exact) mass is 616 g/mol. The number of amides is 2. The lowest BCUT2D eigenvalue weighted by Crippen LogP contribution is -2.43. The van der Waals surface area contributed by atoms with Gasteiger partial charge >= 0.3 is 6.18 Å². The number of methoxy groups -OCH3 is 1. The molecule has 14 heteroatoms. The summed E-state index contributed by atoms with van der Waals surface area (Å²) in [6.45, 7) is 2.54. The predicted molar refractivity (Wildman–Crippen MR) is 153 cm³/mol. The summed E-state index contributed by atoms with van der Waals surface area (Å²) in [5.41, 5.74) is -0.0624. The van der Waals surface area contributed by atoms with Crippen molar-refractivity contribution >= 4 is 23.5 Å². The Bertz CT molecular complexity index is 1540. The molecule has 2 aromatic carbocycles. The van der Waals surface area contributed by atoms with Gasteiger partial charge in [-0.3, -0.25) is 9.59 Å². The number of aromatic nitrogens is 2. The van der Waals surface area contributed by atoms with Crippen molar-refractivity contribution in [3.05, 3.63) is 64.8 Å². The molecule has 1 fully saturated rings. The number of halogens is 4. The molecule has 0 unspecified atom stereocenters. The molecule has 5 rings (SSSR count). The third kappa shape index (κ3) is 6.39. The van der Waals surface area contributed by atoms with Gasteiger partial charge in [-0.2, -0.15) is 18.2 Å². The van der Waals surface area contributed by atoms with Crippen molar-refractivity contribution in [1.82, 2.24) is 25.1 Å². The molecule has 0 radical (unpaired) electrons. The molecule has 44 heavy (non-hydrogen) atoms. The highest BCUT2D eigenvalue weighted by atomic mass is 19.4. The van der Waals surface area contributed by atoms with Crippen LogP contribution < -0.4 is 20.1 Å². The van der Waals surface area contributed by atoms with Crippen LogP contribution in [0.3, 0.4) is 0 Å². The Balaban J connectivity index is 1.40. The zero-order valence-electron chi connectivity index (χ0n) is 24.4. The summed E-state index contributed by atoms with van der Waals surface area (Å²) in [7, 11) is 3.42. The summed E-state index contributed by atoms with van der Waals surface area (Å²) < 4.78 is 66.0. The van der Waals surface area contributed by atoms with Crippen LogP contribution >= 0.6 is 0 Å². The van der Waals surface area contributed by atoms with Gasteiger partial charge in [-0.1, -0.05) is 12.1 Å². The number of piperidine rings is 1. The quantitative estimate of drug-likeness (QED) is 0.310. The number of hydrogen-bond donors (Lipinski definition) is 2. The lowest BCUT2D eigenvalue weighted by Gasteiger charge is -2.29. The molecule has 0 bridgehead atoms. The molecule has 2 aliphatic heterocycles. The first-order valence-corrected chi connectivity index (χ1v) is 14.1. The van der Waals surface area contributed by atoms with E-state index in [0.29, 0.717) is 23.0 Å². The smallest absolute Gasteiger partial charge is 0.423 e. The average molecular weight is 617 g/mol. The summed E-state index contributed by atoms with van der Waals surface area (Å²) in [6.07, 6.45) is -2.62. The lowest BCUT2D eigenvalue weighted by molar-refractivity contribution is -0.139. The zero-order chi connectivity index (χ0) is 31.6. The van der Waals surface area contributed by atoms with Gasteiger partial charge in [0, 0.05) is 24.3 Å². The number of alkyl halides is 4. The lowest BCUT2D eigenvalue weighted by atomic mass is 10.0. The van der Waals surface area contributed by atoms with E-state index in [1.165, 1.54) is 30.2 Å². The number of hydrogen-bond acceptors (Lipinski definition) is 8. The second-order valence-electron chi connectivity index (χ2n) is 10.7. The summed E-state index contributed by atoms with van der Waals surface area (Å²) >= 11 is 0. The van der Waals surface area contributed by atoms with Crippen LogP contribution in [0.25, 0.3) is 0 Å². The Labute approximate surface area is 251 Å². The Morgan fingerprint density at radius 3 is 2.57 bits per heavy atom. The second-order valence-corrected chi connectivity index (χ2v) is 10.7. The molecular weight excluding hydrogens is 584 g/mol. The second kappa shape index (κ2) is 12.6. The van der Waals surface area contributed by atoms with Crippen LogP contribution in [-0.4, -0.2) is 78.1 Å². The minimum absolute atomic E-state index is 0.0467. The van der Waals surface area contributed by atoms with Gasteiger partial charge in [0.05, 0.1) is 24.4 Å². The van der Waals surface area contributed by atoms with E-state index in [4.69, 9.17) is 9.47 Å². The summed E-state index contributed by atoms with van der Waals surface area (Å²) in [5.74, 6) is -1.81. The van der Waals surface area contributed by atoms with Crippen LogP contribution in [0.2, 0.25) is 0 Å². The normalized spacial score (nSPS) is 17.4. The molecule has 10 nitrogen and oxygen atoms in total. The largest absolute Gasteiger partial charge is 0.495 e. The average Bonchev–Trinajstić information content (AvgIpc) is 3.23. The predicted octanol–water partition coefficient (Wildman–Crippen LogP) is 5.35. The molecule has 3 heterocycles. The number of nitrogens with one attached hydrogen (secondary N) is 2. The highest BCUT2D eigenvalue weighted by Gasteiger charge is 2.39. The number of benzene rings is 2. The first kappa shape index (κ1) is 31.0. The van der Waals surface area contributed by atoms with Crippen LogP contribution in [0.4, 0.5) is 29.2 Å². The molecule has 2 N–H and O–H groups in total. The number of nitrogens with zero attached hydrogens (tertiary/aromatic N) is 4. The molecule has 1 saturated heterocycles. The first-order chi connectivity index (χ1) is 21.0. The molecule has 2 amide bonds. The van der Waals surface area contributed by atoms with Crippen LogP contribution in [0.5, 0.6) is 17.4 Å². The molecule has 2 aliphatic rings. The van der Waals surface area contributed by atoms with E-state index < -0.39 is 36.2 Å². The van der Waals surface area contributed by atoms with Crippen molar-refractivity contribution in [1.29, 1.82) is 0 Å². The van der Waals surface area contributed by atoms with Gasteiger partial charge in [0.25, 0.3) is 11.8 Å². The highest BCUT2D eigenvalue weighted by molar-refractivity contribution is 6.02. The fourth-order valence-electron chi connectivity index (χ4n) is 5.36. The maximum atomic E-state index is 14.0. The molecule has 0 aliphatic carbocycles. The van der Waals surface area contributed by atoms with Crippen LogP contribution in [0.15, 0.2) is 42.6 Å². The highest BCUT2D eigenvalue weighted by Crippen LogP contribution is 2.42. The topological polar surface area (TPSA) is 109 Å². The van der Waals surface area contributed by atoms with Gasteiger partial charge in [-0.05, 0) is 69.7 Å². The number of fused-ring (bicyclic) bond motifs is 1. The fourth-order valence-corrected chi connectivity index (χ4v) is 5.36. The third-order valence-electron chi connectivity index (χ3n) is 7.81. The molecule has 234 valence electrons. The third-order valence-corrected chi connectivity index (χ3v) is 7.81. The number of rotatable bonds is 9. The van der Waals surface area contributed by atoms with Gasteiger partial charge in [0.15, 0.2) is 0 Å². The molecule has 0 spiro atoms. The van der Waals surface area contributed by atoms with Gasteiger partial charge in [0.2, 0.25) is 11.8 Å². The summed E-state index contributed by atoms with van der Waals surface area (Å²) in [6, 6.07) is 8.71. The Kier molecular flexibility index (Phi) is 8.90. The van der Waals surface area contributed by atoms with Gasteiger partial charge in [-0.25, -0.2) is 9.37 Å². The van der Waals surface area contributed by atoms with Crippen LogP contribution in [-0.2, 0) is 6.18 Å². The molecule has 0 saturated carbocycles. The van der Waals surface area contributed by atoms with E-state index in [-0.39, 0.29) is 41.5 Å². The summed E-state index contributed by atoms with van der Waals surface area (Å²) in [4.78, 5) is 37.2. The molecule has 1 atom stereocenters. The van der Waals surface area contributed by atoms with E-state index >= 15 is 0 Å². The van der Waals surface area contributed by atoms with Crippen molar-refractivity contribution in [2.75, 3.05) is 45.8 Å². The van der Waals surface area contributed by atoms with Gasteiger partial charge < -0.3 is 29.9 Å². The molecule has 3 aromatic rings. The van der Waals surface area contributed by atoms with Crippen molar-refractivity contribution in [2.24, 2.45) is 0 Å². The minimum Gasteiger partial charge on any atom is -0.495 e. The molecule has 1 aromatic heterocycles. The van der Waals surface area contributed by atoms with E-state index in [0.717, 1.165) is 25.9 Å². The number of ether oxygens (including phenoxy) is 2. The minimum atomic E-state index is -4.87. The van der Waals surface area contributed by atoms with Crippen molar-refractivity contribution in [2.45, 2.75) is 38.0 Å². The number of carbonyl (C=O) groups is 2. The number of anilines is 2. The number of likely N-dealkylation sites (tertiary alicyclic amines) is 1. The maximum absolute atomic E-state index is 14.0. The van der Waals surface area contributed by atoms with Gasteiger partial charge in [0.1, 0.15) is 23.7 Å².